The van der Waals surface area contributed by atoms with Gasteiger partial charge in [0.2, 0.25) is 0 Å². The third-order valence-electron chi connectivity index (χ3n) is 5.27. The van der Waals surface area contributed by atoms with Crippen molar-refractivity contribution in [2.45, 2.75) is 0 Å². The average molecular weight is 577 g/mol. The van der Waals surface area contributed by atoms with Crippen LogP contribution < -0.4 is 10.3 Å². The smallest absolute Gasteiger partial charge is 0.277 e. The molecule has 0 amide bonds. The van der Waals surface area contributed by atoms with Gasteiger partial charge in [0.15, 0.2) is 10.7 Å². The molecule has 37 heavy (non-hydrogen) atoms. The Kier molecular flexibility index (Phi) is 6.58. The number of hydrogen-bond acceptors (Lipinski definition) is 7. The third kappa shape index (κ3) is 4.88. The second-order valence-corrected chi connectivity index (χ2v) is 11.0. The van der Waals surface area contributed by atoms with Crippen LogP contribution in [0.25, 0.3) is 32.9 Å². The zero-order valence-corrected chi connectivity index (χ0v) is 21.9. The number of anilines is 1. The summed E-state index contributed by atoms with van der Waals surface area (Å²) >= 11 is 13.1. The summed E-state index contributed by atoms with van der Waals surface area (Å²) in [5.41, 5.74) is 1.11. The molecule has 0 unspecified atom stereocenters. The molecule has 0 atom stereocenters. The molecule has 3 heterocycles. The fraction of sp³-hybridized carbons (Fsp3) is 0.0435. The molecule has 0 saturated heterocycles. The Morgan fingerprint density at radius 1 is 1.08 bits per heavy atom. The van der Waals surface area contributed by atoms with Gasteiger partial charge in [-0.15, -0.1) is 10.2 Å². The first-order valence-electron chi connectivity index (χ1n) is 10.5. The van der Waals surface area contributed by atoms with Crippen molar-refractivity contribution in [1.82, 2.24) is 24.4 Å². The van der Waals surface area contributed by atoms with Crippen LogP contribution in [0.15, 0.2) is 65.1 Å². The van der Waals surface area contributed by atoms with Crippen molar-refractivity contribution in [2.24, 2.45) is 7.05 Å². The van der Waals surface area contributed by atoms with E-state index in [4.69, 9.17) is 23.2 Å². The summed E-state index contributed by atoms with van der Waals surface area (Å²) < 4.78 is 44.0. The van der Waals surface area contributed by atoms with Crippen molar-refractivity contribution in [3.05, 3.63) is 92.0 Å². The Hall–Kier alpha value is -3.58. The zero-order valence-electron chi connectivity index (χ0n) is 18.8. The number of benzene rings is 2. The van der Waals surface area contributed by atoms with E-state index in [-0.39, 0.29) is 38.1 Å². The van der Waals surface area contributed by atoms with Gasteiger partial charge in [0.1, 0.15) is 16.4 Å². The summed E-state index contributed by atoms with van der Waals surface area (Å²) in [5.74, 6) is -0.735. The SMILES string of the molecule is Cn1c(=O)c(-c2nnc(-c3ccccc3)s2)c2ncc(NS(=O)(=O)C=Cc3c(Cl)ccc(F)c3Cl)cn21. The van der Waals surface area contributed by atoms with Crippen molar-refractivity contribution in [2.75, 3.05) is 4.72 Å². The number of rotatable bonds is 6. The number of aromatic nitrogens is 5. The highest BCUT2D eigenvalue weighted by molar-refractivity contribution is 7.95. The zero-order chi connectivity index (χ0) is 26.3. The molecule has 188 valence electrons. The molecule has 5 rings (SSSR count). The van der Waals surface area contributed by atoms with Crippen molar-refractivity contribution in [1.29, 1.82) is 0 Å². The van der Waals surface area contributed by atoms with Crippen LogP contribution in [0.1, 0.15) is 5.56 Å². The van der Waals surface area contributed by atoms with Gasteiger partial charge >= 0.3 is 0 Å². The second-order valence-electron chi connectivity index (χ2n) is 7.70. The van der Waals surface area contributed by atoms with Gasteiger partial charge in [-0.05, 0) is 18.2 Å². The molecule has 0 aliphatic carbocycles. The molecule has 1 N–H and O–H groups in total. The molecule has 0 radical (unpaired) electrons. The molecule has 3 aromatic heterocycles. The fourth-order valence-corrected chi connectivity index (χ4v) is 5.69. The van der Waals surface area contributed by atoms with Crippen LogP contribution in [0.4, 0.5) is 10.1 Å². The largest absolute Gasteiger partial charge is 0.279 e. The summed E-state index contributed by atoms with van der Waals surface area (Å²) in [6.45, 7) is 0. The van der Waals surface area contributed by atoms with Gasteiger partial charge in [0.25, 0.3) is 15.6 Å². The molecule has 5 aromatic rings. The van der Waals surface area contributed by atoms with E-state index in [0.717, 1.165) is 23.1 Å². The van der Waals surface area contributed by atoms with E-state index in [2.05, 4.69) is 19.9 Å². The molecule has 9 nitrogen and oxygen atoms in total. The Balaban J connectivity index is 1.47. The summed E-state index contributed by atoms with van der Waals surface area (Å²) in [5, 5.41) is 9.98. The van der Waals surface area contributed by atoms with Crippen LogP contribution in [0, 0.1) is 5.82 Å². The molecule has 2 aromatic carbocycles. The van der Waals surface area contributed by atoms with Crippen molar-refractivity contribution in [3.63, 3.8) is 0 Å². The van der Waals surface area contributed by atoms with Crippen molar-refractivity contribution in [3.8, 4) is 21.1 Å². The predicted octanol–water partition coefficient (Wildman–Crippen LogP) is 5.08. The molecule has 0 aliphatic heterocycles. The maximum atomic E-state index is 13.7. The van der Waals surface area contributed by atoms with E-state index in [9.17, 15) is 17.6 Å². The van der Waals surface area contributed by atoms with E-state index < -0.39 is 15.8 Å². The van der Waals surface area contributed by atoms with Gasteiger partial charge in [-0.2, -0.15) is 0 Å². The van der Waals surface area contributed by atoms with E-state index in [1.807, 2.05) is 30.3 Å². The number of sulfonamides is 1. The first-order chi connectivity index (χ1) is 17.6. The topological polar surface area (TPSA) is 111 Å². The summed E-state index contributed by atoms with van der Waals surface area (Å²) in [6, 6.07) is 11.8. The number of fused-ring (bicyclic) bond motifs is 1. The first kappa shape index (κ1) is 25.1. The van der Waals surface area contributed by atoms with E-state index >= 15 is 0 Å². The van der Waals surface area contributed by atoms with Crippen LogP contribution in [0.5, 0.6) is 0 Å². The van der Waals surface area contributed by atoms with E-state index in [1.165, 1.54) is 46.0 Å². The molecule has 14 heteroatoms. The molecule has 0 fully saturated rings. The lowest BCUT2D eigenvalue weighted by atomic mass is 10.2. The van der Waals surface area contributed by atoms with Crippen LogP contribution in [-0.2, 0) is 17.1 Å². The third-order valence-corrected chi connectivity index (χ3v) is 7.99. The Morgan fingerprint density at radius 2 is 1.81 bits per heavy atom. The Morgan fingerprint density at radius 3 is 2.57 bits per heavy atom. The van der Waals surface area contributed by atoms with Crippen LogP contribution in [0.3, 0.4) is 0 Å². The minimum Gasteiger partial charge on any atom is -0.277 e. The second kappa shape index (κ2) is 9.71. The van der Waals surface area contributed by atoms with Gasteiger partial charge in [-0.25, -0.2) is 27.0 Å². The maximum Gasteiger partial charge on any atom is 0.279 e. The maximum absolute atomic E-state index is 13.7. The first-order valence-corrected chi connectivity index (χ1v) is 13.6. The Labute approximate surface area is 223 Å². The Bertz CT molecular complexity index is 1850. The quantitative estimate of drug-likeness (QED) is 0.282. The lowest BCUT2D eigenvalue weighted by Crippen LogP contribution is -2.16. The van der Waals surface area contributed by atoms with Crippen LogP contribution in [0.2, 0.25) is 10.0 Å². The minimum atomic E-state index is -4.07. The number of aryl methyl sites for hydroxylation is 1. The number of halogens is 3. The lowest BCUT2D eigenvalue weighted by Gasteiger charge is -2.07. The summed E-state index contributed by atoms with van der Waals surface area (Å²) in [4.78, 5) is 17.3. The normalized spacial score (nSPS) is 12.0. The van der Waals surface area contributed by atoms with Crippen LogP contribution in [-0.4, -0.2) is 32.8 Å². The molecule has 0 bridgehead atoms. The van der Waals surface area contributed by atoms with Crippen LogP contribution >= 0.6 is 34.5 Å². The number of nitrogens with one attached hydrogen (secondary N) is 1. The van der Waals surface area contributed by atoms with Gasteiger partial charge in [0.05, 0.1) is 28.5 Å². The fourth-order valence-electron chi connectivity index (χ4n) is 3.49. The molecule has 0 aliphatic rings. The molecular formula is C23H15Cl2FN6O3S2. The predicted molar refractivity (Wildman–Crippen MR) is 143 cm³/mol. The van der Waals surface area contributed by atoms with Gasteiger partial charge in [-0.3, -0.25) is 9.52 Å². The van der Waals surface area contributed by atoms with Gasteiger partial charge < -0.3 is 0 Å². The average Bonchev–Trinajstić information content (AvgIpc) is 3.45. The number of nitrogens with zero attached hydrogens (tertiary/aromatic N) is 5. The lowest BCUT2D eigenvalue weighted by molar-refractivity contribution is 0.609. The minimum absolute atomic E-state index is 0.0201. The standard InChI is InChI=1S/C23H15Cl2FN6O3S2/c1-31-23(33)18(22-29-28-21(36-22)13-5-3-2-4-6-13)20-27-11-14(12-32(20)31)30-37(34,35)10-9-15-16(24)7-8-17(26)19(15)25/h2-12,30H,1H3. The highest BCUT2D eigenvalue weighted by atomic mass is 35.5. The van der Waals surface area contributed by atoms with Gasteiger partial charge in [0, 0.05) is 23.2 Å². The highest BCUT2D eigenvalue weighted by Crippen LogP contribution is 2.31. The van der Waals surface area contributed by atoms with E-state index in [0.29, 0.717) is 10.0 Å². The number of hydrogen-bond donors (Lipinski definition) is 1. The molecule has 0 spiro atoms. The van der Waals surface area contributed by atoms with Crippen molar-refractivity contribution < 1.29 is 12.8 Å². The molecular weight excluding hydrogens is 562 g/mol. The molecule has 0 saturated carbocycles. The highest BCUT2D eigenvalue weighted by Gasteiger charge is 2.21. The van der Waals surface area contributed by atoms with Gasteiger partial charge in [-0.1, -0.05) is 64.9 Å². The monoisotopic (exact) mass is 576 g/mol. The van der Waals surface area contributed by atoms with E-state index in [1.54, 1.807) is 0 Å². The summed E-state index contributed by atoms with van der Waals surface area (Å²) in [7, 11) is -2.56. The van der Waals surface area contributed by atoms with Crippen molar-refractivity contribution >= 4 is 62.0 Å². The summed E-state index contributed by atoms with van der Waals surface area (Å²) in [6.07, 6.45) is 3.76.